The smallest absolute Gasteiger partial charge is 0.0642 e. The number of rotatable bonds is 3. The van der Waals surface area contributed by atoms with E-state index in [1.165, 1.54) is 50.1 Å². The van der Waals surface area contributed by atoms with Crippen molar-refractivity contribution in [2.75, 3.05) is 67.6 Å². The van der Waals surface area contributed by atoms with Crippen LogP contribution in [0, 0.1) is 6.92 Å². The summed E-state index contributed by atoms with van der Waals surface area (Å²) in [5, 5.41) is 7.33. The van der Waals surface area contributed by atoms with Crippen molar-refractivity contribution in [2.24, 2.45) is 0 Å². The molecular formula is C24H33ClN4OS. The lowest BCUT2D eigenvalue weighted by Crippen LogP contribution is -2.36. The van der Waals surface area contributed by atoms with Crippen LogP contribution in [0.2, 0.25) is 0 Å². The van der Waals surface area contributed by atoms with Gasteiger partial charge in [-0.05, 0) is 61.7 Å². The first-order chi connectivity index (χ1) is 14.7. The molecule has 2 fully saturated rings. The zero-order valence-corrected chi connectivity index (χ0v) is 20.1. The molecule has 3 aliphatic heterocycles. The minimum Gasteiger partial charge on any atom is -0.378 e. The van der Waals surface area contributed by atoms with Gasteiger partial charge in [-0.1, -0.05) is 18.7 Å². The topological polar surface area (TPSA) is 39.8 Å². The second-order valence-electron chi connectivity index (χ2n) is 8.38. The molecule has 31 heavy (non-hydrogen) atoms. The Morgan fingerprint density at radius 3 is 2.39 bits per heavy atom. The number of morpholine rings is 1. The van der Waals surface area contributed by atoms with E-state index in [0.29, 0.717) is 0 Å². The Morgan fingerprint density at radius 1 is 0.903 bits per heavy atom. The van der Waals surface area contributed by atoms with Crippen LogP contribution in [-0.2, 0) is 11.2 Å². The summed E-state index contributed by atoms with van der Waals surface area (Å²) in [5.74, 6) is 0. The normalized spacial score (nSPS) is 18.4. The van der Waals surface area contributed by atoms with Crippen LogP contribution in [0.25, 0.3) is 0 Å². The SMILES string of the molecule is CCc1cc(N2CCCNCC2)cc2c1Nc1c(C)cc(N3CCOCC3)cc1S2.Cl. The van der Waals surface area contributed by atoms with Gasteiger partial charge in [-0.25, -0.2) is 0 Å². The fraction of sp³-hybridized carbons (Fsp3) is 0.500. The van der Waals surface area contributed by atoms with Crippen molar-refractivity contribution >= 4 is 46.9 Å². The average molecular weight is 461 g/mol. The lowest BCUT2D eigenvalue weighted by Gasteiger charge is -2.32. The van der Waals surface area contributed by atoms with E-state index >= 15 is 0 Å². The van der Waals surface area contributed by atoms with Gasteiger partial charge >= 0.3 is 0 Å². The van der Waals surface area contributed by atoms with Gasteiger partial charge in [0.15, 0.2) is 0 Å². The molecule has 3 heterocycles. The lowest BCUT2D eigenvalue weighted by molar-refractivity contribution is 0.122. The van der Waals surface area contributed by atoms with Crippen LogP contribution in [-0.4, -0.2) is 52.5 Å². The highest BCUT2D eigenvalue weighted by Gasteiger charge is 2.24. The van der Waals surface area contributed by atoms with Crippen molar-refractivity contribution in [3.63, 3.8) is 0 Å². The predicted octanol–water partition coefficient (Wildman–Crippen LogP) is 4.82. The molecule has 5 rings (SSSR count). The fourth-order valence-electron chi connectivity index (χ4n) is 4.67. The van der Waals surface area contributed by atoms with Gasteiger partial charge in [0, 0.05) is 53.9 Å². The third-order valence-corrected chi connectivity index (χ3v) is 7.47. The van der Waals surface area contributed by atoms with Crippen LogP contribution in [0.3, 0.4) is 0 Å². The lowest BCUT2D eigenvalue weighted by atomic mass is 10.1. The van der Waals surface area contributed by atoms with Crippen molar-refractivity contribution in [2.45, 2.75) is 36.5 Å². The molecule has 2 saturated heterocycles. The second-order valence-corrected chi connectivity index (χ2v) is 9.47. The Hall–Kier alpha value is -1.60. The molecule has 168 valence electrons. The number of nitrogens with zero attached hydrogens (tertiary/aromatic N) is 2. The van der Waals surface area contributed by atoms with Crippen molar-refractivity contribution in [1.82, 2.24) is 5.32 Å². The average Bonchev–Trinajstić information content (AvgIpc) is 3.07. The van der Waals surface area contributed by atoms with E-state index < -0.39 is 0 Å². The van der Waals surface area contributed by atoms with Gasteiger partial charge < -0.3 is 25.2 Å². The number of halogens is 1. The van der Waals surface area contributed by atoms with Crippen molar-refractivity contribution in [3.05, 3.63) is 35.4 Å². The molecule has 2 N–H and O–H groups in total. The number of fused-ring (bicyclic) bond motifs is 2. The van der Waals surface area contributed by atoms with Crippen LogP contribution in [0.4, 0.5) is 22.7 Å². The van der Waals surface area contributed by atoms with E-state index in [-0.39, 0.29) is 12.4 Å². The highest BCUT2D eigenvalue weighted by molar-refractivity contribution is 7.99. The molecule has 2 aromatic rings. The number of benzene rings is 2. The molecule has 0 atom stereocenters. The maximum Gasteiger partial charge on any atom is 0.0642 e. The number of anilines is 4. The van der Waals surface area contributed by atoms with E-state index in [1.807, 2.05) is 11.8 Å². The summed E-state index contributed by atoms with van der Waals surface area (Å²) in [5.41, 5.74) is 7.98. The number of aryl methyl sites for hydroxylation is 2. The Bertz CT molecular complexity index is 924. The van der Waals surface area contributed by atoms with Gasteiger partial charge in [-0.2, -0.15) is 0 Å². The van der Waals surface area contributed by atoms with Crippen LogP contribution >= 0.6 is 24.2 Å². The highest BCUT2D eigenvalue weighted by Crippen LogP contribution is 2.49. The van der Waals surface area contributed by atoms with Crippen LogP contribution in [0.15, 0.2) is 34.1 Å². The minimum atomic E-state index is 0. The van der Waals surface area contributed by atoms with Crippen molar-refractivity contribution in [3.8, 4) is 0 Å². The predicted molar refractivity (Wildman–Crippen MR) is 134 cm³/mol. The Labute approximate surface area is 196 Å². The van der Waals surface area contributed by atoms with Gasteiger partial charge in [0.2, 0.25) is 0 Å². The zero-order valence-electron chi connectivity index (χ0n) is 18.5. The number of nitrogens with one attached hydrogen (secondary N) is 2. The molecule has 0 bridgehead atoms. The summed E-state index contributed by atoms with van der Waals surface area (Å²) in [4.78, 5) is 7.68. The monoisotopic (exact) mass is 460 g/mol. The van der Waals surface area contributed by atoms with Gasteiger partial charge in [0.05, 0.1) is 24.6 Å². The second kappa shape index (κ2) is 9.90. The van der Waals surface area contributed by atoms with Gasteiger partial charge in [-0.15, -0.1) is 12.4 Å². The Balaban J connectivity index is 0.00000231. The molecule has 0 aliphatic carbocycles. The van der Waals surface area contributed by atoms with Gasteiger partial charge in [0.25, 0.3) is 0 Å². The molecule has 3 aliphatic rings. The maximum absolute atomic E-state index is 5.55. The third kappa shape index (κ3) is 4.63. The number of ether oxygens (including phenoxy) is 1. The molecule has 7 heteroatoms. The summed E-state index contributed by atoms with van der Waals surface area (Å²) >= 11 is 1.93. The molecule has 2 aromatic carbocycles. The molecule has 0 unspecified atom stereocenters. The van der Waals surface area contributed by atoms with E-state index in [2.05, 4.69) is 58.5 Å². The molecule has 0 spiro atoms. The summed E-state index contributed by atoms with van der Waals surface area (Å²) in [6.07, 6.45) is 2.24. The number of hydrogen-bond acceptors (Lipinski definition) is 6. The van der Waals surface area contributed by atoms with E-state index in [1.54, 1.807) is 0 Å². The quantitative estimate of drug-likeness (QED) is 0.583. The maximum atomic E-state index is 5.55. The molecule has 0 radical (unpaired) electrons. The van der Waals surface area contributed by atoms with Crippen LogP contribution < -0.4 is 20.4 Å². The van der Waals surface area contributed by atoms with E-state index in [9.17, 15) is 0 Å². The largest absolute Gasteiger partial charge is 0.378 e. The first-order valence-corrected chi connectivity index (χ1v) is 12.1. The Kier molecular flexibility index (Phi) is 7.22. The summed E-state index contributed by atoms with van der Waals surface area (Å²) in [6.45, 7) is 12.5. The third-order valence-electron chi connectivity index (χ3n) is 6.38. The standard InChI is InChI=1S/C24H32N4OS.ClH/c1-3-18-14-20(27-7-4-5-25-6-8-27)16-22-24(18)26-23-17(2)13-19(15-21(23)30-22)28-9-11-29-12-10-28;/h13-16,25-26H,3-12H2,1-2H3;1H. The zero-order chi connectivity index (χ0) is 20.5. The van der Waals surface area contributed by atoms with Gasteiger partial charge in [0.1, 0.15) is 0 Å². The Morgan fingerprint density at radius 2 is 1.61 bits per heavy atom. The highest BCUT2D eigenvalue weighted by atomic mass is 35.5. The van der Waals surface area contributed by atoms with Gasteiger partial charge in [-0.3, -0.25) is 0 Å². The molecule has 0 saturated carbocycles. The van der Waals surface area contributed by atoms with Crippen molar-refractivity contribution in [1.29, 1.82) is 0 Å². The molecule has 5 nitrogen and oxygen atoms in total. The first-order valence-electron chi connectivity index (χ1n) is 11.3. The minimum absolute atomic E-state index is 0. The van der Waals surface area contributed by atoms with Crippen LogP contribution in [0.5, 0.6) is 0 Å². The first kappa shape index (κ1) is 22.6. The summed E-state index contributed by atoms with van der Waals surface area (Å²) < 4.78 is 5.55. The summed E-state index contributed by atoms with van der Waals surface area (Å²) in [7, 11) is 0. The molecular weight excluding hydrogens is 428 g/mol. The molecule has 0 amide bonds. The fourth-order valence-corrected chi connectivity index (χ4v) is 5.86. The van der Waals surface area contributed by atoms with Crippen molar-refractivity contribution < 1.29 is 4.74 Å². The molecule has 0 aromatic heterocycles. The van der Waals surface area contributed by atoms with E-state index in [4.69, 9.17) is 4.74 Å². The number of hydrogen-bond donors (Lipinski definition) is 2. The van der Waals surface area contributed by atoms with E-state index in [0.717, 1.165) is 58.9 Å². The van der Waals surface area contributed by atoms with Crippen LogP contribution in [0.1, 0.15) is 24.5 Å². The summed E-state index contributed by atoms with van der Waals surface area (Å²) in [6, 6.07) is 9.49.